The minimum atomic E-state index is -0.412. The van der Waals surface area contributed by atoms with Crippen LogP contribution in [0, 0.1) is 0 Å². The molecule has 24 heavy (non-hydrogen) atoms. The van der Waals surface area contributed by atoms with Crippen molar-refractivity contribution in [1.29, 1.82) is 0 Å². The normalized spacial score (nSPS) is 9.96. The van der Waals surface area contributed by atoms with E-state index in [-0.39, 0.29) is 11.0 Å². The molecule has 1 aromatic rings. The fraction of sp³-hybridized carbons (Fsp3) is 0.438. The molecule has 132 valence electrons. The number of ether oxygens (including phenoxy) is 1. The van der Waals surface area contributed by atoms with Crippen molar-refractivity contribution in [2.45, 2.75) is 39.5 Å². The van der Waals surface area contributed by atoms with Crippen molar-refractivity contribution in [3.05, 3.63) is 28.2 Å². The molecule has 1 rings (SSSR count). The zero-order valence-corrected chi connectivity index (χ0v) is 16.2. The van der Waals surface area contributed by atoms with E-state index >= 15 is 0 Å². The third kappa shape index (κ3) is 7.27. The molecule has 6 nitrogen and oxygen atoms in total. The number of hydrogen-bond donors (Lipinski definition) is 3. The molecular formula is C16H22BrN3O3S. The third-order valence-corrected chi connectivity index (χ3v) is 3.66. The van der Waals surface area contributed by atoms with Crippen molar-refractivity contribution in [3.8, 4) is 5.75 Å². The highest BCUT2D eigenvalue weighted by molar-refractivity contribution is 9.10. The number of nitrogens with one attached hydrogen (secondary N) is 3. The van der Waals surface area contributed by atoms with Gasteiger partial charge < -0.3 is 4.74 Å². The smallest absolute Gasteiger partial charge is 0.261 e. The number of carbonyl (C=O) groups excluding carboxylic acids is 2. The first kappa shape index (κ1) is 20.4. The lowest BCUT2D eigenvalue weighted by molar-refractivity contribution is -0.121. The monoisotopic (exact) mass is 415 g/mol. The second kappa shape index (κ2) is 11.0. The summed E-state index contributed by atoms with van der Waals surface area (Å²) in [5, 5.41) is 2.54. The molecule has 0 spiro atoms. The van der Waals surface area contributed by atoms with Crippen LogP contribution >= 0.6 is 28.1 Å². The van der Waals surface area contributed by atoms with E-state index in [1.165, 1.54) is 0 Å². The molecule has 0 aliphatic heterocycles. The second-order valence-corrected chi connectivity index (χ2v) is 6.37. The number of thiocarbonyl (C=S) groups is 1. The number of benzene rings is 1. The van der Waals surface area contributed by atoms with E-state index in [1.54, 1.807) is 18.2 Å². The van der Waals surface area contributed by atoms with Crippen LogP contribution in [0.3, 0.4) is 0 Å². The fourth-order valence-corrected chi connectivity index (χ4v) is 2.25. The summed E-state index contributed by atoms with van der Waals surface area (Å²) in [6.07, 6.45) is 3.01. The summed E-state index contributed by atoms with van der Waals surface area (Å²) in [5.41, 5.74) is 5.29. The van der Waals surface area contributed by atoms with Crippen LogP contribution in [0.5, 0.6) is 5.75 Å². The molecule has 0 atom stereocenters. The molecule has 2 amide bonds. The van der Waals surface area contributed by atoms with Crippen molar-refractivity contribution >= 4 is 45.1 Å². The van der Waals surface area contributed by atoms with Crippen LogP contribution < -0.4 is 20.9 Å². The Morgan fingerprint density at radius 1 is 1.21 bits per heavy atom. The Morgan fingerprint density at radius 3 is 2.62 bits per heavy atom. The van der Waals surface area contributed by atoms with Crippen molar-refractivity contribution in [2.75, 3.05) is 6.61 Å². The topological polar surface area (TPSA) is 79.5 Å². The Hall–Kier alpha value is -1.67. The summed E-state index contributed by atoms with van der Waals surface area (Å²) in [6, 6.07) is 5.20. The van der Waals surface area contributed by atoms with Crippen LogP contribution in [-0.2, 0) is 4.79 Å². The van der Waals surface area contributed by atoms with Gasteiger partial charge in [-0.1, -0.05) is 36.2 Å². The summed E-state index contributed by atoms with van der Waals surface area (Å²) in [6.45, 7) is 4.50. The molecule has 0 fully saturated rings. The molecule has 0 bridgehead atoms. The number of halogens is 1. The zero-order valence-electron chi connectivity index (χ0n) is 13.8. The standard InChI is InChI=1S/C16H22BrN3O3S/c1-3-5-9-23-13-8-7-11(17)10-12(13)15(22)18-16(24)20-19-14(21)6-4-2/h7-8,10H,3-6,9H2,1-2H3,(H,19,21)(H2,18,20,22,24). The van der Waals surface area contributed by atoms with E-state index in [4.69, 9.17) is 17.0 Å². The van der Waals surface area contributed by atoms with Gasteiger partial charge in [0.25, 0.3) is 5.91 Å². The summed E-state index contributed by atoms with van der Waals surface area (Å²) in [7, 11) is 0. The van der Waals surface area contributed by atoms with Crippen LogP contribution in [0.1, 0.15) is 49.9 Å². The molecule has 0 aliphatic rings. The molecule has 1 aromatic carbocycles. The first-order valence-electron chi connectivity index (χ1n) is 7.80. The van der Waals surface area contributed by atoms with Crippen LogP contribution in [0.15, 0.2) is 22.7 Å². The minimum absolute atomic E-state index is 0.0175. The first-order chi connectivity index (χ1) is 11.5. The average molecular weight is 416 g/mol. The summed E-state index contributed by atoms with van der Waals surface area (Å²) >= 11 is 8.34. The van der Waals surface area contributed by atoms with E-state index in [9.17, 15) is 9.59 Å². The Balaban J connectivity index is 2.67. The third-order valence-electron chi connectivity index (χ3n) is 2.96. The summed E-state index contributed by atoms with van der Waals surface area (Å²) in [4.78, 5) is 23.8. The number of rotatable bonds is 7. The zero-order chi connectivity index (χ0) is 17.9. The Kier molecular flexibility index (Phi) is 9.33. The quantitative estimate of drug-likeness (QED) is 0.362. The van der Waals surface area contributed by atoms with Crippen molar-refractivity contribution in [2.24, 2.45) is 0 Å². The molecule has 0 radical (unpaired) electrons. The van der Waals surface area contributed by atoms with Gasteiger partial charge >= 0.3 is 0 Å². The van der Waals surface area contributed by atoms with Gasteiger partial charge in [0.15, 0.2) is 5.11 Å². The molecule has 3 N–H and O–H groups in total. The van der Waals surface area contributed by atoms with E-state index in [0.717, 1.165) is 23.7 Å². The predicted octanol–water partition coefficient (Wildman–Crippen LogP) is 3.06. The van der Waals surface area contributed by atoms with Crippen molar-refractivity contribution in [1.82, 2.24) is 16.2 Å². The highest BCUT2D eigenvalue weighted by Crippen LogP contribution is 2.23. The molecule has 8 heteroatoms. The number of unbranched alkanes of at least 4 members (excludes halogenated alkanes) is 1. The molecule has 0 aliphatic carbocycles. The summed E-state index contributed by atoms with van der Waals surface area (Å²) in [5.74, 6) is -0.118. The first-order valence-corrected chi connectivity index (χ1v) is 9.00. The van der Waals surface area contributed by atoms with Gasteiger partial charge in [-0.2, -0.15) is 0 Å². The largest absolute Gasteiger partial charge is 0.493 e. The van der Waals surface area contributed by atoms with Crippen molar-refractivity contribution in [3.63, 3.8) is 0 Å². The number of hydrazine groups is 1. The molecular weight excluding hydrogens is 394 g/mol. The van der Waals surface area contributed by atoms with Gasteiger partial charge in [0.1, 0.15) is 5.75 Å². The number of carbonyl (C=O) groups is 2. The number of hydrogen-bond acceptors (Lipinski definition) is 4. The summed E-state index contributed by atoms with van der Waals surface area (Å²) < 4.78 is 6.41. The van der Waals surface area contributed by atoms with Crippen LogP contribution in [0.2, 0.25) is 0 Å². The predicted molar refractivity (Wildman–Crippen MR) is 101 cm³/mol. The SMILES string of the molecule is CCCCOc1ccc(Br)cc1C(=O)NC(=S)NNC(=O)CCC. The Bertz CT molecular complexity index is 596. The molecule has 0 aromatic heterocycles. The minimum Gasteiger partial charge on any atom is -0.493 e. The maximum atomic E-state index is 12.4. The molecule has 0 saturated heterocycles. The lowest BCUT2D eigenvalue weighted by atomic mass is 10.2. The van der Waals surface area contributed by atoms with Crippen LogP contribution in [-0.4, -0.2) is 23.5 Å². The van der Waals surface area contributed by atoms with Crippen molar-refractivity contribution < 1.29 is 14.3 Å². The molecule has 0 heterocycles. The number of amides is 2. The average Bonchev–Trinajstić information content (AvgIpc) is 2.54. The fourth-order valence-electron chi connectivity index (χ4n) is 1.75. The Morgan fingerprint density at radius 2 is 1.96 bits per heavy atom. The van der Waals surface area contributed by atoms with Crippen LogP contribution in [0.25, 0.3) is 0 Å². The maximum absolute atomic E-state index is 12.4. The van der Waals surface area contributed by atoms with Gasteiger partial charge in [-0.25, -0.2) is 0 Å². The van der Waals surface area contributed by atoms with E-state index < -0.39 is 5.91 Å². The lowest BCUT2D eigenvalue weighted by Crippen LogP contribution is -2.48. The van der Waals surface area contributed by atoms with Gasteiger partial charge in [-0.3, -0.25) is 25.8 Å². The highest BCUT2D eigenvalue weighted by atomic mass is 79.9. The lowest BCUT2D eigenvalue weighted by Gasteiger charge is -2.13. The van der Waals surface area contributed by atoms with E-state index in [1.807, 2.05) is 6.92 Å². The van der Waals surface area contributed by atoms with Gasteiger partial charge in [0, 0.05) is 10.9 Å². The van der Waals surface area contributed by atoms with Gasteiger partial charge in [-0.15, -0.1) is 0 Å². The van der Waals surface area contributed by atoms with Gasteiger partial charge in [0.2, 0.25) is 5.91 Å². The van der Waals surface area contributed by atoms with E-state index in [2.05, 4.69) is 39.0 Å². The van der Waals surface area contributed by atoms with Gasteiger partial charge in [-0.05, 0) is 43.3 Å². The molecule has 0 saturated carbocycles. The van der Waals surface area contributed by atoms with Gasteiger partial charge in [0.05, 0.1) is 12.2 Å². The Labute approximate surface area is 155 Å². The highest BCUT2D eigenvalue weighted by Gasteiger charge is 2.15. The van der Waals surface area contributed by atoms with E-state index in [0.29, 0.717) is 24.3 Å². The van der Waals surface area contributed by atoms with Crippen LogP contribution in [0.4, 0.5) is 0 Å². The molecule has 0 unspecified atom stereocenters. The maximum Gasteiger partial charge on any atom is 0.261 e. The second-order valence-electron chi connectivity index (χ2n) is 5.05.